The number of thioether (sulfide) groups is 1. The molecule has 0 bridgehead atoms. The summed E-state index contributed by atoms with van der Waals surface area (Å²) in [5, 5.41) is 3.68. The van der Waals surface area contributed by atoms with Crippen molar-refractivity contribution in [2.75, 3.05) is 38.7 Å². The van der Waals surface area contributed by atoms with Crippen molar-refractivity contribution >= 4 is 11.8 Å². The average Bonchev–Trinajstić information content (AvgIpc) is 2.07. The first-order chi connectivity index (χ1) is 6.52. The topological polar surface area (TPSA) is 15.3 Å². The fraction of sp³-hybridized carbons (Fsp3) is 1.00. The summed E-state index contributed by atoms with van der Waals surface area (Å²) >= 11 is 2.09. The highest BCUT2D eigenvalue weighted by Crippen LogP contribution is 2.33. The van der Waals surface area contributed by atoms with Crippen LogP contribution < -0.4 is 5.32 Å². The lowest BCUT2D eigenvalue weighted by Crippen LogP contribution is -2.48. The largest absolute Gasteiger partial charge is 0.311 e. The minimum atomic E-state index is 0.484. The van der Waals surface area contributed by atoms with Crippen LogP contribution in [-0.4, -0.2) is 49.6 Å². The van der Waals surface area contributed by atoms with Gasteiger partial charge in [0.05, 0.1) is 0 Å². The maximum Gasteiger partial charge on any atom is 0.0210 e. The lowest BCUT2D eigenvalue weighted by atomic mass is 9.82. The summed E-state index contributed by atoms with van der Waals surface area (Å²) in [5.41, 5.74) is 0.484. The van der Waals surface area contributed by atoms with Gasteiger partial charge < -0.3 is 10.2 Å². The third kappa shape index (κ3) is 3.79. The van der Waals surface area contributed by atoms with Crippen molar-refractivity contribution in [2.45, 2.75) is 26.3 Å². The predicted octanol–water partition coefficient (Wildman–Crippen LogP) is 1.67. The van der Waals surface area contributed by atoms with E-state index in [1.165, 1.54) is 17.9 Å². The third-order valence-corrected chi connectivity index (χ3v) is 4.13. The normalized spacial score (nSPS) is 26.8. The van der Waals surface area contributed by atoms with Crippen LogP contribution in [0.15, 0.2) is 0 Å². The van der Waals surface area contributed by atoms with Crippen LogP contribution in [0.1, 0.15) is 20.3 Å². The Bertz CT molecular complexity index is 169. The van der Waals surface area contributed by atoms with Gasteiger partial charge in [-0.3, -0.25) is 0 Å². The molecule has 1 unspecified atom stereocenters. The lowest BCUT2D eigenvalue weighted by molar-refractivity contribution is 0.239. The summed E-state index contributed by atoms with van der Waals surface area (Å²) < 4.78 is 0. The molecule has 14 heavy (non-hydrogen) atoms. The molecule has 0 aromatic heterocycles. The highest BCUT2D eigenvalue weighted by Gasteiger charge is 2.31. The van der Waals surface area contributed by atoms with E-state index in [9.17, 15) is 0 Å². The Hall–Kier alpha value is 0.270. The summed E-state index contributed by atoms with van der Waals surface area (Å²) in [6.07, 6.45) is 1.34. The highest BCUT2D eigenvalue weighted by molar-refractivity contribution is 7.99. The van der Waals surface area contributed by atoms with E-state index in [0.29, 0.717) is 11.5 Å². The quantitative estimate of drug-likeness (QED) is 0.769. The van der Waals surface area contributed by atoms with Crippen molar-refractivity contribution in [3.05, 3.63) is 0 Å². The summed E-state index contributed by atoms with van der Waals surface area (Å²) in [5.74, 6) is 2.61. The highest BCUT2D eigenvalue weighted by atomic mass is 32.2. The Morgan fingerprint density at radius 1 is 1.43 bits per heavy atom. The maximum atomic E-state index is 3.68. The van der Waals surface area contributed by atoms with E-state index in [2.05, 4.69) is 49.9 Å². The summed E-state index contributed by atoms with van der Waals surface area (Å²) in [4.78, 5) is 2.23. The second-order valence-corrected chi connectivity index (χ2v) is 6.27. The van der Waals surface area contributed by atoms with Gasteiger partial charge >= 0.3 is 0 Å². The molecule has 0 aliphatic carbocycles. The van der Waals surface area contributed by atoms with Crippen LogP contribution in [0.25, 0.3) is 0 Å². The van der Waals surface area contributed by atoms with E-state index in [-0.39, 0.29) is 0 Å². The molecule has 0 radical (unpaired) electrons. The summed E-state index contributed by atoms with van der Waals surface area (Å²) in [6.45, 7) is 7.03. The number of hydrogen-bond donors (Lipinski definition) is 1. The molecular formula is C11H24N2S. The van der Waals surface area contributed by atoms with Crippen LogP contribution in [0.3, 0.4) is 0 Å². The van der Waals surface area contributed by atoms with Crippen LogP contribution in [0, 0.1) is 5.41 Å². The Morgan fingerprint density at radius 2 is 2.14 bits per heavy atom. The van der Waals surface area contributed by atoms with Crippen LogP contribution in [-0.2, 0) is 0 Å². The van der Waals surface area contributed by atoms with E-state index in [4.69, 9.17) is 0 Å². The zero-order valence-electron chi connectivity index (χ0n) is 9.97. The van der Waals surface area contributed by atoms with Crippen LogP contribution >= 0.6 is 11.8 Å². The molecule has 1 heterocycles. The average molecular weight is 216 g/mol. The number of rotatable bonds is 4. The molecule has 0 aromatic rings. The molecule has 1 rings (SSSR count). The number of likely N-dealkylation sites (N-methyl/N-ethyl adjacent to an activating group) is 1. The Labute approximate surface area is 92.8 Å². The van der Waals surface area contributed by atoms with Crippen LogP contribution in [0.5, 0.6) is 0 Å². The Kier molecular flexibility index (Phi) is 4.74. The fourth-order valence-electron chi connectivity index (χ4n) is 1.73. The Morgan fingerprint density at radius 3 is 2.71 bits per heavy atom. The molecule has 1 fully saturated rings. The van der Waals surface area contributed by atoms with Crippen molar-refractivity contribution in [1.82, 2.24) is 10.2 Å². The molecule has 0 spiro atoms. The fourth-order valence-corrected chi connectivity index (χ4v) is 3.38. The van der Waals surface area contributed by atoms with E-state index in [1.807, 2.05) is 0 Å². The van der Waals surface area contributed by atoms with Gasteiger partial charge in [0.15, 0.2) is 0 Å². The van der Waals surface area contributed by atoms with Crippen LogP contribution in [0.4, 0.5) is 0 Å². The molecular weight excluding hydrogens is 192 g/mol. The van der Waals surface area contributed by atoms with Gasteiger partial charge in [-0.05, 0) is 31.7 Å². The molecule has 1 aliphatic rings. The van der Waals surface area contributed by atoms with Crippen molar-refractivity contribution in [2.24, 2.45) is 5.41 Å². The van der Waals surface area contributed by atoms with E-state index in [1.54, 1.807) is 0 Å². The third-order valence-electron chi connectivity index (χ3n) is 3.07. The predicted molar refractivity (Wildman–Crippen MR) is 66.1 cm³/mol. The number of nitrogens with one attached hydrogen (secondary N) is 1. The van der Waals surface area contributed by atoms with Crippen molar-refractivity contribution < 1.29 is 0 Å². The summed E-state index contributed by atoms with van der Waals surface area (Å²) in [7, 11) is 4.25. The van der Waals surface area contributed by atoms with Gasteiger partial charge in [0, 0.05) is 24.9 Å². The van der Waals surface area contributed by atoms with Gasteiger partial charge in [-0.25, -0.2) is 0 Å². The molecule has 1 aliphatic heterocycles. The molecule has 0 saturated carbocycles. The molecule has 1 saturated heterocycles. The molecule has 1 N–H and O–H groups in total. The van der Waals surface area contributed by atoms with Gasteiger partial charge in [0.25, 0.3) is 0 Å². The standard InChI is InChI=1S/C11H24N2S/c1-11(2)5-8-14-9-10(11)12-6-7-13(3)4/h10,12H,5-9H2,1-4H3. The molecule has 84 valence electrons. The van der Waals surface area contributed by atoms with Gasteiger partial charge in [-0.2, -0.15) is 11.8 Å². The Balaban J connectivity index is 2.27. The lowest BCUT2D eigenvalue weighted by Gasteiger charge is -2.39. The molecule has 0 aromatic carbocycles. The van der Waals surface area contributed by atoms with E-state index >= 15 is 0 Å². The van der Waals surface area contributed by atoms with Gasteiger partial charge in [0.1, 0.15) is 0 Å². The van der Waals surface area contributed by atoms with Crippen molar-refractivity contribution in [1.29, 1.82) is 0 Å². The van der Waals surface area contributed by atoms with E-state index < -0.39 is 0 Å². The summed E-state index contributed by atoms with van der Waals surface area (Å²) in [6, 6.07) is 0.696. The minimum Gasteiger partial charge on any atom is -0.311 e. The first-order valence-electron chi connectivity index (χ1n) is 5.48. The minimum absolute atomic E-state index is 0.484. The van der Waals surface area contributed by atoms with Crippen molar-refractivity contribution in [3.63, 3.8) is 0 Å². The zero-order valence-corrected chi connectivity index (χ0v) is 10.8. The first-order valence-corrected chi connectivity index (χ1v) is 6.64. The van der Waals surface area contributed by atoms with E-state index in [0.717, 1.165) is 13.1 Å². The van der Waals surface area contributed by atoms with Gasteiger partial charge in [-0.1, -0.05) is 13.8 Å². The maximum absolute atomic E-state index is 3.68. The monoisotopic (exact) mass is 216 g/mol. The number of hydrogen-bond acceptors (Lipinski definition) is 3. The zero-order chi connectivity index (χ0) is 10.6. The van der Waals surface area contributed by atoms with Gasteiger partial charge in [0.2, 0.25) is 0 Å². The number of nitrogens with zero attached hydrogens (tertiary/aromatic N) is 1. The molecule has 3 heteroatoms. The first kappa shape index (κ1) is 12.3. The van der Waals surface area contributed by atoms with Crippen molar-refractivity contribution in [3.8, 4) is 0 Å². The molecule has 2 nitrogen and oxygen atoms in total. The second kappa shape index (κ2) is 5.38. The van der Waals surface area contributed by atoms with Crippen LogP contribution in [0.2, 0.25) is 0 Å². The second-order valence-electron chi connectivity index (χ2n) is 5.12. The van der Waals surface area contributed by atoms with Gasteiger partial charge in [-0.15, -0.1) is 0 Å². The molecule has 1 atom stereocenters. The molecule has 0 amide bonds. The smallest absolute Gasteiger partial charge is 0.0210 e. The SMILES string of the molecule is CN(C)CCNC1CSCCC1(C)C.